The Morgan fingerprint density at radius 3 is 1.87 bits per heavy atom. The van der Waals surface area contributed by atoms with Gasteiger partial charge in [-0.2, -0.15) is 0 Å². The summed E-state index contributed by atoms with van der Waals surface area (Å²) in [5.74, 6) is 0. The molecule has 4 heteroatoms. The molecular formula is C63H38N2S2. The Morgan fingerprint density at radius 2 is 1.00 bits per heavy atom. The maximum absolute atomic E-state index is 2.53. The van der Waals surface area contributed by atoms with E-state index in [9.17, 15) is 0 Å². The maximum Gasteiger partial charge on any atom is 0.0736 e. The first-order valence-electron chi connectivity index (χ1n) is 23.0. The SMILES string of the molecule is c1ccc2c(c1)Sc1ccccc1C21c2cc(N(c3ccc4c(c3)c3ccccc3n4-c3ccc4sc5ccccc5c4c3)c3cccc4ccccc34)ccc2-c2cccc3cccc1c23. The van der Waals surface area contributed by atoms with Crippen LogP contribution in [0.1, 0.15) is 22.3 Å². The van der Waals surface area contributed by atoms with Crippen LogP contribution in [0.3, 0.4) is 0 Å². The normalized spacial score (nSPS) is 13.4. The lowest BCUT2D eigenvalue weighted by atomic mass is 9.59. The fourth-order valence-corrected chi connectivity index (χ4v) is 14.2. The molecule has 0 saturated carbocycles. The molecule has 1 spiro atoms. The van der Waals surface area contributed by atoms with Gasteiger partial charge in [0.1, 0.15) is 0 Å². The predicted octanol–water partition coefficient (Wildman–Crippen LogP) is 17.8. The summed E-state index contributed by atoms with van der Waals surface area (Å²) in [6.45, 7) is 0. The first-order valence-corrected chi connectivity index (χ1v) is 24.6. The van der Waals surface area contributed by atoms with Crippen molar-refractivity contribution in [1.29, 1.82) is 0 Å². The van der Waals surface area contributed by atoms with Crippen molar-refractivity contribution in [3.8, 4) is 16.8 Å². The van der Waals surface area contributed by atoms with E-state index in [2.05, 4.69) is 240 Å². The van der Waals surface area contributed by atoms with Gasteiger partial charge in [0.25, 0.3) is 0 Å². The molecule has 0 N–H and O–H groups in total. The molecule has 0 fully saturated rings. The summed E-state index contributed by atoms with van der Waals surface area (Å²) in [4.78, 5) is 5.11. The fraction of sp³-hybridized carbons (Fsp3) is 0.0159. The maximum atomic E-state index is 2.53. The van der Waals surface area contributed by atoms with Gasteiger partial charge in [0.2, 0.25) is 0 Å². The Kier molecular flexibility index (Phi) is 7.84. The number of fused-ring (bicyclic) bond motifs is 15. The number of hydrogen-bond acceptors (Lipinski definition) is 3. The molecule has 2 aromatic heterocycles. The van der Waals surface area contributed by atoms with Crippen LogP contribution in [0, 0.1) is 0 Å². The number of para-hydroxylation sites is 1. The predicted molar refractivity (Wildman–Crippen MR) is 285 cm³/mol. The largest absolute Gasteiger partial charge is 0.310 e. The van der Waals surface area contributed by atoms with Crippen molar-refractivity contribution < 1.29 is 0 Å². The number of hydrogen-bond donors (Lipinski definition) is 0. The number of rotatable bonds is 4. The second kappa shape index (κ2) is 14.1. The van der Waals surface area contributed by atoms with Crippen LogP contribution >= 0.6 is 23.1 Å². The Morgan fingerprint density at radius 1 is 0.373 bits per heavy atom. The van der Waals surface area contributed by atoms with Gasteiger partial charge in [0.05, 0.1) is 22.1 Å². The molecule has 0 saturated heterocycles. The standard InChI is InChI=1S/C63H38N2S2/c1-2-18-44-39(14-1)15-13-26-55(44)64(41-31-34-57-49(36-41)46-19-3-7-25-56(46)65(57)42-32-35-59-50(37-42)47-20-4-8-27-58(47)66-59)43-30-33-45-48-21-11-16-40-17-12-24-53(62(40)48)63(54(45)38-43)51-22-5-9-28-60(51)67-61-29-10-6-23-52(61)63/h1-38H. The quantitative estimate of drug-likeness (QED) is 0.174. The highest BCUT2D eigenvalue weighted by Gasteiger charge is 2.48. The minimum atomic E-state index is -0.561. The van der Waals surface area contributed by atoms with Gasteiger partial charge in [-0.15, -0.1) is 11.3 Å². The topological polar surface area (TPSA) is 8.17 Å². The fourth-order valence-electron chi connectivity index (χ4n) is 11.9. The summed E-state index contributed by atoms with van der Waals surface area (Å²) in [7, 11) is 0. The van der Waals surface area contributed by atoms with Crippen LogP contribution in [0.5, 0.6) is 0 Å². The molecule has 3 heterocycles. The molecule has 0 unspecified atom stereocenters. The zero-order valence-electron chi connectivity index (χ0n) is 36.2. The first-order chi connectivity index (χ1) is 33.2. The number of anilines is 3. The lowest BCUT2D eigenvalue weighted by Gasteiger charge is -2.46. The summed E-state index contributed by atoms with van der Waals surface area (Å²) in [6, 6.07) is 86.7. The van der Waals surface area contributed by atoms with E-state index in [-0.39, 0.29) is 0 Å². The molecule has 0 amide bonds. The van der Waals surface area contributed by atoms with Crippen molar-refractivity contribution in [1.82, 2.24) is 4.57 Å². The van der Waals surface area contributed by atoms with Crippen LogP contribution in [-0.4, -0.2) is 4.57 Å². The van der Waals surface area contributed by atoms with Crippen molar-refractivity contribution in [3.05, 3.63) is 253 Å². The van der Waals surface area contributed by atoms with Crippen molar-refractivity contribution in [2.24, 2.45) is 0 Å². The van der Waals surface area contributed by atoms with Crippen molar-refractivity contribution >= 4 is 104 Å². The van der Waals surface area contributed by atoms with E-state index in [1.165, 1.54) is 112 Å². The van der Waals surface area contributed by atoms with Gasteiger partial charge in [-0.3, -0.25) is 0 Å². The zero-order valence-corrected chi connectivity index (χ0v) is 37.8. The van der Waals surface area contributed by atoms with Crippen LogP contribution in [0.4, 0.5) is 17.1 Å². The average Bonchev–Trinajstić information content (AvgIpc) is 3.93. The van der Waals surface area contributed by atoms with Crippen LogP contribution in [-0.2, 0) is 5.41 Å². The molecule has 11 aromatic carbocycles. The van der Waals surface area contributed by atoms with Gasteiger partial charge in [0, 0.05) is 63.2 Å². The molecule has 1 aliphatic heterocycles. The molecule has 0 radical (unpaired) electrons. The summed E-state index contributed by atoms with van der Waals surface area (Å²) >= 11 is 3.76. The third kappa shape index (κ3) is 5.17. The Hall–Kier alpha value is -7.89. The molecule has 2 aliphatic rings. The second-order valence-corrected chi connectivity index (χ2v) is 20.1. The molecule has 1 aliphatic carbocycles. The van der Waals surface area contributed by atoms with E-state index < -0.39 is 5.41 Å². The Labute approximate surface area is 395 Å². The Bertz CT molecular complexity index is 4170. The van der Waals surface area contributed by atoms with E-state index in [1.807, 2.05) is 23.1 Å². The number of thiophene rings is 1. The minimum absolute atomic E-state index is 0.561. The summed E-state index contributed by atoms with van der Waals surface area (Å²) in [6.07, 6.45) is 0. The van der Waals surface area contributed by atoms with Crippen molar-refractivity contribution in [3.63, 3.8) is 0 Å². The number of nitrogens with zero attached hydrogens (tertiary/aromatic N) is 2. The van der Waals surface area contributed by atoms with Gasteiger partial charge in [-0.25, -0.2) is 0 Å². The van der Waals surface area contributed by atoms with E-state index in [0.29, 0.717) is 0 Å². The highest BCUT2D eigenvalue weighted by Crippen LogP contribution is 2.62. The van der Waals surface area contributed by atoms with Crippen molar-refractivity contribution in [2.75, 3.05) is 4.90 Å². The van der Waals surface area contributed by atoms with E-state index in [1.54, 1.807) is 0 Å². The van der Waals surface area contributed by atoms with Gasteiger partial charge in [-0.1, -0.05) is 163 Å². The van der Waals surface area contributed by atoms with Crippen LogP contribution in [0.2, 0.25) is 0 Å². The van der Waals surface area contributed by atoms with Gasteiger partial charge < -0.3 is 9.47 Å². The average molecular weight is 887 g/mol. The molecular weight excluding hydrogens is 849 g/mol. The molecule has 67 heavy (non-hydrogen) atoms. The highest BCUT2D eigenvalue weighted by atomic mass is 32.2. The monoisotopic (exact) mass is 886 g/mol. The lowest BCUT2D eigenvalue weighted by Crippen LogP contribution is -2.36. The minimum Gasteiger partial charge on any atom is -0.310 e. The smallest absolute Gasteiger partial charge is 0.0736 e. The Balaban J connectivity index is 1.01. The molecule has 2 nitrogen and oxygen atoms in total. The van der Waals surface area contributed by atoms with E-state index in [0.717, 1.165) is 17.1 Å². The summed E-state index contributed by atoms with van der Waals surface area (Å²) < 4.78 is 5.09. The zero-order chi connectivity index (χ0) is 43.8. The molecule has 0 bridgehead atoms. The third-order valence-corrected chi connectivity index (χ3v) is 16.9. The van der Waals surface area contributed by atoms with Gasteiger partial charge in [0.15, 0.2) is 0 Å². The van der Waals surface area contributed by atoms with Crippen LogP contribution in [0.25, 0.3) is 80.3 Å². The van der Waals surface area contributed by atoms with Crippen LogP contribution in [0.15, 0.2) is 240 Å². The molecule has 15 rings (SSSR count). The van der Waals surface area contributed by atoms with Crippen LogP contribution < -0.4 is 4.90 Å². The lowest BCUT2D eigenvalue weighted by molar-refractivity contribution is 0.707. The summed E-state index contributed by atoms with van der Waals surface area (Å²) in [5, 5.41) is 10.1. The molecule has 0 atom stereocenters. The van der Waals surface area contributed by atoms with Crippen molar-refractivity contribution in [2.45, 2.75) is 15.2 Å². The second-order valence-electron chi connectivity index (χ2n) is 17.9. The highest BCUT2D eigenvalue weighted by molar-refractivity contribution is 7.99. The molecule has 13 aromatic rings. The molecule has 312 valence electrons. The first kappa shape index (κ1) is 37.3. The third-order valence-electron chi connectivity index (χ3n) is 14.6. The van der Waals surface area contributed by atoms with E-state index >= 15 is 0 Å². The summed E-state index contributed by atoms with van der Waals surface area (Å²) in [5.41, 5.74) is 14.2. The number of benzene rings is 11. The van der Waals surface area contributed by atoms with Gasteiger partial charge in [-0.05, 0) is 128 Å². The van der Waals surface area contributed by atoms with E-state index in [4.69, 9.17) is 0 Å². The van der Waals surface area contributed by atoms with Gasteiger partial charge >= 0.3 is 0 Å². The number of aromatic nitrogens is 1.